The van der Waals surface area contributed by atoms with E-state index in [9.17, 15) is 9.18 Å². The molecule has 0 spiro atoms. The normalized spacial score (nSPS) is 10.4. The number of ether oxygens (including phenoxy) is 2. The molecule has 7 nitrogen and oxygen atoms in total. The van der Waals surface area contributed by atoms with Crippen molar-refractivity contribution in [3.8, 4) is 22.6 Å². The van der Waals surface area contributed by atoms with Crippen LogP contribution in [0.1, 0.15) is 11.1 Å². The summed E-state index contributed by atoms with van der Waals surface area (Å²) in [4.78, 5) is 11.8. The number of amides is 2. The molecule has 0 aromatic heterocycles. The van der Waals surface area contributed by atoms with Gasteiger partial charge in [-0.05, 0) is 48.4 Å². The van der Waals surface area contributed by atoms with Crippen LogP contribution in [0, 0.1) is 12.7 Å². The minimum absolute atomic E-state index is 0.178. The number of hydrogen-bond acceptors (Lipinski definition) is 5. The molecule has 0 atom stereocenters. The summed E-state index contributed by atoms with van der Waals surface area (Å²) >= 11 is 0. The summed E-state index contributed by atoms with van der Waals surface area (Å²) < 4.78 is 24.8. The molecule has 0 saturated heterocycles. The Bertz CT molecular complexity index is 1060. The van der Waals surface area contributed by atoms with Crippen molar-refractivity contribution >= 4 is 11.7 Å². The molecule has 0 unspecified atom stereocenters. The molecule has 0 heterocycles. The molecule has 0 aliphatic rings. The maximum Gasteiger partial charge on any atom is 0.350 e. The monoisotopic (exact) mass is 410 g/mol. The Morgan fingerprint density at radius 3 is 2.63 bits per heavy atom. The fourth-order valence-corrected chi connectivity index (χ4v) is 3.09. The number of nitrogens with zero attached hydrogens (tertiary/aromatic N) is 1. The maximum absolute atomic E-state index is 13.5. The van der Waals surface area contributed by atoms with Crippen LogP contribution < -0.4 is 31.6 Å². The molecule has 0 saturated carbocycles. The van der Waals surface area contributed by atoms with Crippen LogP contribution in [0.4, 0.5) is 14.9 Å². The highest BCUT2D eigenvalue weighted by molar-refractivity contribution is 5.91. The number of carbonyl (C=O) groups excluding carboxylic acids is 1. The predicted molar refractivity (Wildman–Crippen MR) is 113 cm³/mol. The van der Waals surface area contributed by atoms with Gasteiger partial charge in [-0.1, -0.05) is 24.3 Å². The van der Waals surface area contributed by atoms with Crippen LogP contribution in [-0.4, -0.2) is 13.1 Å². The topological polar surface area (TPSA) is 103 Å². The van der Waals surface area contributed by atoms with Gasteiger partial charge in [0.1, 0.15) is 23.9 Å². The number of hydrogen-bond donors (Lipinski definition) is 3. The van der Waals surface area contributed by atoms with Crippen molar-refractivity contribution in [1.29, 1.82) is 0 Å². The highest BCUT2D eigenvalue weighted by atomic mass is 19.1. The molecule has 156 valence electrons. The number of urea groups is 1. The molecule has 0 fully saturated rings. The number of hydrazine groups is 2. The van der Waals surface area contributed by atoms with E-state index in [1.165, 1.54) is 19.2 Å². The van der Waals surface area contributed by atoms with E-state index in [0.29, 0.717) is 17.2 Å². The van der Waals surface area contributed by atoms with Crippen molar-refractivity contribution in [1.82, 2.24) is 5.43 Å². The highest BCUT2D eigenvalue weighted by Crippen LogP contribution is 2.33. The van der Waals surface area contributed by atoms with Gasteiger partial charge in [-0.15, -0.1) is 0 Å². The smallest absolute Gasteiger partial charge is 0.350 e. The lowest BCUT2D eigenvalue weighted by atomic mass is 10.0. The van der Waals surface area contributed by atoms with Crippen LogP contribution in [0.2, 0.25) is 0 Å². The van der Waals surface area contributed by atoms with Crippen LogP contribution in [0.25, 0.3) is 11.1 Å². The Morgan fingerprint density at radius 2 is 1.90 bits per heavy atom. The third-order valence-electron chi connectivity index (χ3n) is 4.68. The fourth-order valence-electron chi connectivity index (χ4n) is 3.09. The lowest BCUT2D eigenvalue weighted by Gasteiger charge is -2.21. The van der Waals surface area contributed by atoms with Gasteiger partial charge in [-0.2, -0.15) is 0 Å². The molecule has 8 heteroatoms. The third kappa shape index (κ3) is 4.51. The second-order valence-corrected chi connectivity index (χ2v) is 6.55. The molecular formula is C22H23FN4O3. The average molecular weight is 410 g/mol. The summed E-state index contributed by atoms with van der Waals surface area (Å²) in [5.41, 5.74) is 5.70. The van der Waals surface area contributed by atoms with E-state index in [-0.39, 0.29) is 12.4 Å². The minimum atomic E-state index is -0.646. The lowest BCUT2D eigenvalue weighted by molar-refractivity contribution is 0.246. The summed E-state index contributed by atoms with van der Waals surface area (Å²) in [6, 6.07) is 16.5. The zero-order valence-corrected chi connectivity index (χ0v) is 16.7. The zero-order valence-electron chi connectivity index (χ0n) is 16.7. The quantitative estimate of drug-likeness (QED) is 0.327. The third-order valence-corrected chi connectivity index (χ3v) is 4.68. The number of aryl methyl sites for hydroxylation is 1. The summed E-state index contributed by atoms with van der Waals surface area (Å²) in [5.74, 6) is 11.7. The Kier molecular flexibility index (Phi) is 6.51. The van der Waals surface area contributed by atoms with Crippen LogP contribution in [0.15, 0.2) is 60.7 Å². The van der Waals surface area contributed by atoms with Gasteiger partial charge in [0.2, 0.25) is 0 Å². The van der Waals surface area contributed by atoms with E-state index in [0.717, 1.165) is 27.3 Å². The fraction of sp³-hybridized carbons (Fsp3) is 0.136. The van der Waals surface area contributed by atoms with Gasteiger partial charge >= 0.3 is 6.03 Å². The van der Waals surface area contributed by atoms with E-state index < -0.39 is 6.03 Å². The number of benzene rings is 3. The van der Waals surface area contributed by atoms with Gasteiger partial charge in [0.25, 0.3) is 0 Å². The number of methoxy groups -OCH3 is 1. The van der Waals surface area contributed by atoms with Crippen molar-refractivity contribution in [2.24, 2.45) is 11.7 Å². The molecule has 3 aromatic rings. The molecule has 0 radical (unpaired) electrons. The van der Waals surface area contributed by atoms with Crippen molar-refractivity contribution in [2.75, 3.05) is 12.1 Å². The van der Waals surface area contributed by atoms with Crippen LogP contribution in [0.3, 0.4) is 0 Å². The highest BCUT2D eigenvalue weighted by Gasteiger charge is 2.16. The summed E-state index contributed by atoms with van der Waals surface area (Å²) in [5, 5.41) is 0.936. The van der Waals surface area contributed by atoms with Crippen molar-refractivity contribution < 1.29 is 18.7 Å². The number of nitrogens with one attached hydrogen (secondary N) is 1. The van der Waals surface area contributed by atoms with Gasteiger partial charge in [0.05, 0.1) is 12.8 Å². The van der Waals surface area contributed by atoms with E-state index in [4.69, 9.17) is 21.2 Å². The van der Waals surface area contributed by atoms with Gasteiger partial charge in [0.15, 0.2) is 0 Å². The summed E-state index contributed by atoms with van der Waals surface area (Å²) in [6.07, 6.45) is 0. The van der Waals surface area contributed by atoms with Crippen LogP contribution in [0.5, 0.6) is 11.5 Å². The molecule has 0 bridgehead atoms. The number of anilines is 1. The molecule has 3 rings (SSSR count). The van der Waals surface area contributed by atoms with Crippen molar-refractivity contribution in [3.05, 3.63) is 77.6 Å². The Hall–Kier alpha value is -3.62. The largest absolute Gasteiger partial charge is 0.496 e. The van der Waals surface area contributed by atoms with Crippen LogP contribution >= 0.6 is 0 Å². The lowest BCUT2D eigenvalue weighted by Crippen LogP contribution is -2.48. The Labute approximate surface area is 173 Å². The van der Waals surface area contributed by atoms with E-state index in [2.05, 4.69) is 0 Å². The number of nitrogens with two attached hydrogens (primary N) is 2. The molecule has 0 aliphatic carbocycles. The molecular weight excluding hydrogens is 387 g/mol. The summed E-state index contributed by atoms with van der Waals surface area (Å²) in [6.45, 7) is 2.08. The van der Waals surface area contributed by atoms with Crippen molar-refractivity contribution in [2.45, 2.75) is 13.5 Å². The first-order valence-corrected chi connectivity index (χ1v) is 9.15. The second kappa shape index (κ2) is 9.25. The molecule has 3 aromatic carbocycles. The van der Waals surface area contributed by atoms with E-state index in [1.807, 2.05) is 42.7 Å². The zero-order chi connectivity index (χ0) is 21.7. The SMILES string of the molecule is COc1cc(F)ccc1-c1cccc(OCc2c(C)cccc2N(N)C(=O)NN)c1. The molecule has 30 heavy (non-hydrogen) atoms. The second-order valence-electron chi connectivity index (χ2n) is 6.55. The van der Waals surface area contributed by atoms with Gasteiger partial charge in [-0.3, -0.25) is 5.43 Å². The number of halogens is 1. The van der Waals surface area contributed by atoms with Gasteiger partial charge in [0, 0.05) is 17.2 Å². The first-order valence-electron chi connectivity index (χ1n) is 9.15. The minimum Gasteiger partial charge on any atom is -0.496 e. The van der Waals surface area contributed by atoms with E-state index in [1.54, 1.807) is 18.2 Å². The average Bonchev–Trinajstić information content (AvgIpc) is 2.77. The van der Waals surface area contributed by atoms with Gasteiger partial charge < -0.3 is 9.47 Å². The van der Waals surface area contributed by atoms with Crippen LogP contribution in [-0.2, 0) is 6.61 Å². The Morgan fingerprint density at radius 1 is 1.13 bits per heavy atom. The van der Waals surface area contributed by atoms with Crippen molar-refractivity contribution in [3.63, 3.8) is 0 Å². The Balaban J connectivity index is 1.86. The molecule has 2 amide bonds. The first kappa shape index (κ1) is 21.1. The number of rotatable bonds is 6. The maximum atomic E-state index is 13.5. The number of carbonyl (C=O) groups is 1. The van der Waals surface area contributed by atoms with Gasteiger partial charge in [-0.25, -0.2) is 25.9 Å². The summed E-state index contributed by atoms with van der Waals surface area (Å²) in [7, 11) is 1.49. The van der Waals surface area contributed by atoms with E-state index >= 15 is 0 Å². The molecule has 0 aliphatic heterocycles. The molecule has 5 N–H and O–H groups in total. The predicted octanol–water partition coefficient (Wildman–Crippen LogP) is 3.65. The first-order chi connectivity index (χ1) is 14.4. The standard InChI is InChI=1S/C22H23FN4O3/c1-14-5-3-8-20(27(25)22(28)26-24)19(14)13-30-17-7-4-6-15(11-17)18-10-9-16(23)12-21(18)29-2/h3-12H,13,24-25H2,1-2H3,(H,26,28).